The lowest BCUT2D eigenvalue weighted by molar-refractivity contribution is 0.101. The highest BCUT2D eigenvalue weighted by molar-refractivity contribution is 6.30. The summed E-state index contributed by atoms with van der Waals surface area (Å²) in [4.78, 5) is 17.1. The van der Waals surface area contributed by atoms with Gasteiger partial charge in [-0.15, -0.1) is 5.10 Å². The van der Waals surface area contributed by atoms with E-state index in [4.69, 9.17) is 11.6 Å². The fourth-order valence-corrected chi connectivity index (χ4v) is 3.08. The number of nitrogens with one attached hydrogen (secondary N) is 1. The highest BCUT2D eigenvalue weighted by Gasteiger charge is 2.19. The molecule has 3 aromatic carbocycles. The third kappa shape index (κ3) is 4.17. The van der Waals surface area contributed by atoms with Gasteiger partial charge in [0.1, 0.15) is 5.82 Å². The standard InChI is InChI=1S/C22H16ClFN4O/c1-14-4-2-7-19(12-14)28-21(15-8-10-17(24)11-9-15)26-20(27-28)22(29)25-18-6-3-5-16(23)13-18/h2-13H,1H3,(H,25,29). The summed E-state index contributed by atoms with van der Waals surface area (Å²) in [5.74, 6) is -0.394. The lowest BCUT2D eigenvalue weighted by Crippen LogP contribution is -2.14. The normalized spacial score (nSPS) is 10.7. The molecule has 0 spiro atoms. The van der Waals surface area contributed by atoms with Crippen molar-refractivity contribution in [3.8, 4) is 17.1 Å². The van der Waals surface area contributed by atoms with E-state index in [1.54, 1.807) is 41.1 Å². The molecule has 4 aromatic rings. The van der Waals surface area contributed by atoms with E-state index in [2.05, 4.69) is 15.4 Å². The summed E-state index contributed by atoms with van der Waals surface area (Å²) >= 11 is 5.97. The molecule has 0 aliphatic heterocycles. The zero-order valence-corrected chi connectivity index (χ0v) is 16.2. The molecule has 0 fully saturated rings. The van der Waals surface area contributed by atoms with Crippen LogP contribution >= 0.6 is 11.6 Å². The number of halogens is 2. The minimum atomic E-state index is -0.470. The molecule has 0 radical (unpaired) electrons. The second-order valence-corrected chi connectivity index (χ2v) is 6.92. The van der Waals surface area contributed by atoms with Crippen molar-refractivity contribution >= 4 is 23.2 Å². The zero-order chi connectivity index (χ0) is 20.4. The molecule has 0 aliphatic carbocycles. The summed E-state index contributed by atoms with van der Waals surface area (Å²) in [7, 11) is 0. The van der Waals surface area contributed by atoms with Crippen molar-refractivity contribution in [1.82, 2.24) is 14.8 Å². The van der Waals surface area contributed by atoms with Gasteiger partial charge < -0.3 is 5.32 Å². The van der Waals surface area contributed by atoms with Crippen LogP contribution in [-0.2, 0) is 0 Å². The van der Waals surface area contributed by atoms with E-state index >= 15 is 0 Å². The number of carbonyl (C=O) groups excluding carboxylic acids is 1. The van der Waals surface area contributed by atoms with Crippen molar-refractivity contribution in [2.75, 3.05) is 5.32 Å². The molecule has 5 nitrogen and oxygen atoms in total. The zero-order valence-electron chi connectivity index (χ0n) is 15.4. The van der Waals surface area contributed by atoms with Crippen LogP contribution in [0.3, 0.4) is 0 Å². The third-order valence-corrected chi connectivity index (χ3v) is 4.48. The van der Waals surface area contributed by atoms with E-state index in [9.17, 15) is 9.18 Å². The minimum Gasteiger partial charge on any atom is -0.319 e. The van der Waals surface area contributed by atoms with Crippen LogP contribution in [0.15, 0.2) is 72.8 Å². The van der Waals surface area contributed by atoms with Crippen LogP contribution in [0.1, 0.15) is 16.2 Å². The molecule has 0 unspecified atom stereocenters. The van der Waals surface area contributed by atoms with Crippen molar-refractivity contribution in [1.29, 1.82) is 0 Å². The summed E-state index contributed by atoms with van der Waals surface area (Å²) in [5, 5.41) is 7.65. The predicted molar refractivity (Wildman–Crippen MR) is 111 cm³/mol. The number of nitrogens with zero attached hydrogens (tertiary/aromatic N) is 3. The number of aryl methyl sites for hydroxylation is 1. The topological polar surface area (TPSA) is 59.8 Å². The first kappa shape index (κ1) is 18.8. The van der Waals surface area contributed by atoms with Crippen LogP contribution in [0.5, 0.6) is 0 Å². The van der Waals surface area contributed by atoms with Crippen LogP contribution in [0.2, 0.25) is 5.02 Å². The van der Waals surface area contributed by atoms with Crippen LogP contribution in [0.25, 0.3) is 17.1 Å². The summed E-state index contributed by atoms with van der Waals surface area (Å²) in [5.41, 5.74) is 2.96. The fourth-order valence-electron chi connectivity index (χ4n) is 2.89. The van der Waals surface area contributed by atoms with Crippen molar-refractivity contribution in [2.24, 2.45) is 0 Å². The molecule has 144 valence electrons. The molecule has 0 saturated carbocycles. The number of amides is 1. The Kier molecular flexibility index (Phi) is 5.10. The molecule has 4 rings (SSSR count). The molecule has 7 heteroatoms. The average Bonchev–Trinajstić information content (AvgIpc) is 3.14. The molecular formula is C22H16ClFN4O. The Bertz CT molecular complexity index is 1190. The Labute approximate surface area is 171 Å². The van der Waals surface area contributed by atoms with Gasteiger partial charge >= 0.3 is 0 Å². The lowest BCUT2D eigenvalue weighted by atomic mass is 10.2. The maximum absolute atomic E-state index is 13.4. The summed E-state index contributed by atoms with van der Waals surface area (Å²) < 4.78 is 14.9. The second-order valence-electron chi connectivity index (χ2n) is 6.48. The fraction of sp³-hybridized carbons (Fsp3) is 0.0455. The van der Waals surface area contributed by atoms with Crippen LogP contribution in [0.4, 0.5) is 10.1 Å². The molecule has 1 N–H and O–H groups in total. The first-order valence-electron chi connectivity index (χ1n) is 8.86. The number of benzene rings is 3. The van der Waals surface area contributed by atoms with Gasteiger partial charge in [-0.1, -0.05) is 29.8 Å². The molecular weight excluding hydrogens is 391 g/mol. The highest BCUT2D eigenvalue weighted by atomic mass is 35.5. The number of aromatic nitrogens is 3. The molecule has 29 heavy (non-hydrogen) atoms. The Morgan fingerprint density at radius 2 is 1.79 bits per heavy atom. The van der Waals surface area contributed by atoms with E-state index in [1.165, 1.54) is 12.1 Å². The van der Waals surface area contributed by atoms with Gasteiger partial charge in [0.15, 0.2) is 5.82 Å². The van der Waals surface area contributed by atoms with E-state index in [0.717, 1.165) is 11.3 Å². The predicted octanol–water partition coefficient (Wildman–Crippen LogP) is 5.29. The number of hydrogen-bond acceptors (Lipinski definition) is 3. The number of hydrogen-bond donors (Lipinski definition) is 1. The third-order valence-electron chi connectivity index (χ3n) is 4.24. The largest absolute Gasteiger partial charge is 0.319 e. The summed E-state index contributed by atoms with van der Waals surface area (Å²) in [6.45, 7) is 1.96. The van der Waals surface area contributed by atoms with E-state index in [-0.39, 0.29) is 11.6 Å². The smallest absolute Gasteiger partial charge is 0.295 e. The monoisotopic (exact) mass is 406 g/mol. The van der Waals surface area contributed by atoms with Gasteiger partial charge in [-0.3, -0.25) is 4.79 Å². The van der Waals surface area contributed by atoms with Crippen molar-refractivity contribution in [2.45, 2.75) is 6.92 Å². The van der Waals surface area contributed by atoms with Gasteiger partial charge in [-0.25, -0.2) is 14.1 Å². The first-order valence-corrected chi connectivity index (χ1v) is 9.24. The van der Waals surface area contributed by atoms with Crippen molar-refractivity contribution < 1.29 is 9.18 Å². The number of carbonyl (C=O) groups is 1. The molecule has 0 saturated heterocycles. The van der Waals surface area contributed by atoms with Gasteiger partial charge in [-0.05, 0) is 67.1 Å². The number of rotatable bonds is 4. The maximum Gasteiger partial charge on any atom is 0.295 e. The Hall–Kier alpha value is -3.51. The molecule has 1 amide bonds. The Morgan fingerprint density at radius 3 is 2.52 bits per heavy atom. The van der Waals surface area contributed by atoms with Crippen LogP contribution in [0, 0.1) is 12.7 Å². The minimum absolute atomic E-state index is 0.00851. The van der Waals surface area contributed by atoms with Crippen molar-refractivity contribution in [3.63, 3.8) is 0 Å². The summed E-state index contributed by atoms with van der Waals surface area (Å²) in [6, 6.07) is 20.4. The van der Waals surface area contributed by atoms with Crippen molar-refractivity contribution in [3.05, 3.63) is 95.0 Å². The number of anilines is 1. The molecule has 0 atom stereocenters. The SMILES string of the molecule is Cc1cccc(-n2nc(C(=O)Nc3cccc(Cl)c3)nc2-c2ccc(F)cc2)c1. The summed E-state index contributed by atoms with van der Waals surface area (Å²) in [6.07, 6.45) is 0. The quantitative estimate of drug-likeness (QED) is 0.501. The highest BCUT2D eigenvalue weighted by Crippen LogP contribution is 2.23. The van der Waals surface area contributed by atoms with Gasteiger partial charge in [-0.2, -0.15) is 0 Å². The Morgan fingerprint density at radius 1 is 1.03 bits per heavy atom. The van der Waals surface area contributed by atoms with Crippen LogP contribution in [-0.4, -0.2) is 20.7 Å². The van der Waals surface area contributed by atoms with E-state index in [0.29, 0.717) is 22.1 Å². The molecule has 0 bridgehead atoms. The second kappa shape index (κ2) is 7.85. The van der Waals surface area contributed by atoms with E-state index in [1.807, 2.05) is 31.2 Å². The van der Waals surface area contributed by atoms with Gasteiger partial charge in [0.25, 0.3) is 5.91 Å². The molecule has 1 heterocycles. The van der Waals surface area contributed by atoms with Gasteiger partial charge in [0, 0.05) is 16.3 Å². The van der Waals surface area contributed by atoms with Gasteiger partial charge in [0.2, 0.25) is 5.82 Å². The molecule has 0 aliphatic rings. The van der Waals surface area contributed by atoms with Gasteiger partial charge in [0.05, 0.1) is 5.69 Å². The maximum atomic E-state index is 13.4. The molecule has 1 aromatic heterocycles. The first-order chi connectivity index (χ1) is 14.0. The average molecular weight is 407 g/mol. The Balaban J connectivity index is 1.76. The van der Waals surface area contributed by atoms with Crippen LogP contribution < -0.4 is 5.32 Å². The lowest BCUT2D eigenvalue weighted by Gasteiger charge is -2.06. The van der Waals surface area contributed by atoms with E-state index < -0.39 is 5.91 Å².